The highest BCUT2D eigenvalue weighted by Gasteiger charge is 2.20. The Labute approximate surface area is 113 Å². The van der Waals surface area contributed by atoms with E-state index in [0.717, 1.165) is 17.0 Å². The van der Waals surface area contributed by atoms with Crippen LogP contribution in [0.5, 0.6) is 0 Å². The van der Waals surface area contributed by atoms with Gasteiger partial charge in [-0.2, -0.15) is 0 Å². The second kappa shape index (κ2) is 5.74. The molecule has 0 aliphatic rings. The Kier molecular flexibility index (Phi) is 4.05. The van der Waals surface area contributed by atoms with Crippen LogP contribution in [0.15, 0.2) is 42.5 Å². The summed E-state index contributed by atoms with van der Waals surface area (Å²) in [6.45, 7) is 6.11. The molecule has 0 spiro atoms. The average Bonchev–Trinajstić information content (AvgIpc) is 2.81. The van der Waals surface area contributed by atoms with Crippen molar-refractivity contribution in [3.8, 4) is 11.3 Å². The molecule has 0 fully saturated rings. The topological polar surface area (TPSA) is 31.2 Å². The smallest absolute Gasteiger partial charge is 0.328 e. The maximum Gasteiger partial charge on any atom is 0.328 e. The van der Waals surface area contributed by atoms with Crippen LogP contribution in [0.4, 0.5) is 0 Å². The van der Waals surface area contributed by atoms with Gasteiger partial charge < -0.3 is 9.30 Å². The lowest BCUT2D eigenvalue weighted by Gasteiger charge is -2.18. The van der Waals surface area contributed by atoms with Crippen LogP contribution in [-0.4, -0.2) is 17.1 Å². The molecule has 0 radical (unpaired) electrons. The summed E-state index contributed by atoms with van der Waals surface area (Å²) in [5, 5.41) is 0. The zero-order valence-corrected chi connectivity index (χ0v) is 11.6. The van der Waals surface area contributed by atoms with Crippen LogP contribution >= 0.6 is 0 Å². The summed E-state index contributed by atoms with van der Waals surface area (Å²) in [5.41, 5.74) is 3.20. The fourth-order valence-corrected chi connectivity index (χ4v) is 2.28. The van der Waals surface area contributed by atoms with E-state index in [-0.39, 0.29) is 12.0 Å². The quantitative estimate of drug-likeness (QED) is 0.784. The highest BCUT2D eigenvalue weighted by Crippen LogP contribution is 2.26. The Bertz CT molecular complexity index is 557. The van der Waals surface area contributed by atoms with Gasteiger partial charge in [0.15, 0.2) is 0 Å². The van der Waals surface area contributed by atoms with E-state index < -0.39 is 0 Å². The Morgan fingerprint density at radius 3 is 2.53 bits per heavy atom. The van der Waals surface area contributed by atoms with Gasteiger partial charge in [0.05, 0.1) is 6.61 Å². The highest BCUT2D eigenvalue weighted by molar-refractivity contribution is 5.75. The summed E-state index contributed by atoms with van der Waals surface area (Å²) < 4.78 is 7.13. The molecular weight excluding hydrogens is 238 g/mol. The normalized spacial score (nSPS) is 12.2. The van der Waals surface area contributed by atoms with Crippen molar-refractivity contribution in [1.29, 1.82) is 0 Å². The molecule has 3 nitrogen and oxygen atoms in total. The molecule has 1 aromatic carbocycles. The maximum atomic E-state index is 11.9. The molecule has 0 unspecified atom stereocenters. The number of carbonyl (C=O) groups is 1. The third-order valence-electron chi connectivity index (χ3n) is 3.21. The molecule has 0 aliphatic heterocycles. The van der Waals surface area contributed by atoms with E-state index in [1.165, 1.54) is 0 Å². The van der Waals surface area contributed by atoms with Crippen molar-refractivity contribution in [2.75, 3.05) is 6.61 Å². The second-order valence-electron chi connectivity index (χ2n) is 4.52. The first-order valence-corrected chi connectivity index (χ1v) is 6.55. The number of nitrogens with zero attached hydrogens (tertiary/aromatic N) is 1. The predicted molar refractivity (Wildman–Crippen MR) is 75.9 cm³/mol. The Balaban J connectivity index is 2.41. The molecular formula is C16H19NO2. The number of hydrogen-bond acceptors (Lipinski definition) is 2. The van der Waals surface area contributed by atoms with Gasteiger partial charge in [0.2, 0.25) is 0 Å². The summed E-state index contributed by atoms with van der Waals surface area (Å²) in [6, 6.07) is 13.8. The van der Waals surface area contributed by atoms with E-state index >= 15 is 0 Å². The molecule has 1 aromatic heterocycles. The number of esters is 1. The first kappa shape index (κ1) is 13.4. The monoisotopic (exact) mass is 257 g/mol. The van der Waals surface area contributed by atoms with Gasteiger partial charge in [-0.25, -0.2) is 4.79 Å². The van der Waals surface area contributed by atoms with Gasteiger partial charge in [0.1, 0.15) is 6.04 Å². The molecule has 0 N–H and O–H groups in total. The first-order valence-electron chi connectivity index (χ1n) is 6.55. The van der Waals surface area contributed by atoms with E-state index in [4.69, 9.17) is 4.74 Å². The number of aromatic nitrogens is 1. The van der Waals surface area contributed by atoms with Crippen LogP contribution in [-0.2, 0) is 9.53 Å². The lowest BCUT2D eigenvalue weighted by Crippen LogP contribution is -2.20. The van der Waals surface area contributed by atoms with Crippen LogP contribution in [0.2, 0.25) is 0 Å². The molecule has 0 saturated carbocycles. The average molecular weight is 257 g/mol. The molecule has 2 rings (SSSR count). The molecule has 0 amide bonds. The predicted octanol–water partition coefficient (Wildman–Crippen LogP) is 3.59. The summed E-state index contributed by atoms with van der Waals surface area (Å²) in [4.78, 5) is 11.9. The molecule has 19 heavy (non-hydrogen) atoms. The summed E-state index contributed by atoms with van der Waals surface area (Å²) in [6.07, 6.45) is 0. The van der Waals surface area contributed by atoms with Gasteiger partial charge >= 0.3 is 5.97 Å². The fourth-order valence-electron chi connectivity index (χ4n) is 2.28. The van der Waals surface area contributed by atoms with E-state index in [1.54, 1.807) is 0 Å². The number of ether oxygens (including phenoxy) is 1. The standard InChI is InChI=1S/C16H19NO2/c1-4-19-16(18)13(3)17-12(2)10-11-15(17)14-8-6-5-7-9-14/h5-11,13H,4H2,1-3H3/t13-/m1/s1. The van der Waals surface area contributed by atoms with Crippen LogP contribution < -0.4 is 0 Å². The molecule has 1 atom stereocenters. The number of benzene rings is 1. The molecule has 1 heterocycles. The van der Waals surface area contributed by atoms with Crippen molar-refractivity contribution in [3.05, 3.63) is 48.2 Å². The lowest BCUT2D eigenvalue weighted by molar-refractivity contribution is -0.146. The van der Waals surface area contributed by atoms with Gasteiger partial charge in [-0.15, -0.1) is 0 Å². The number of carbonyl (C=O) groups excluding carboxylic acids is 1. The highest BCUT2D eigenvalue weighted by atomic mass is 16.5. The third kappa shape index (κ3) is 2.70. The zero-order chi connectivity index (χ0) is 13.8. The van der Waals surface area contributed by atoms with Gasteiger partial charge in [0.25, 0.3) is 0 Å². The van der Waals surface area contributed by atoms with Crippen molar-refractivity contribution in [1.82, 2.24) is 4.57 Å². The first-order chi connectivity index (χ1) is 9.15. The van der Waals surface area contributed by atoms with Crippen LogP contribution in [0.25, 0.3) is 11.3 Å². The van der Waals surface area contributed by atoms with Crippen molar-refractivity contribution in [2.45, 2.75) is 26.8 Å². The summed E-state index contributed by atoms with van der Waals surface area (Å²) in [5.74, 6) is -0.195. The Morgan fingerprint density at radius 2 is 1.89 bits per heavy atom. The van der Waals surface area contributed by atoms with E-state index in [2.05, 4.69) is 0 Å². The number of aryl methyl sites for hydroxylation is 1. The third-order valence-corrected chi connectivity index (χ3v) is 3.21. The van der Waals surface area contributed by atoms with E-state index in [1.807, 2.05) is 67.8 Å². The van der Waals surface area contributed by atoms with Crippen LogP contribution in [0.3, 0.4) is 0 Å². The second-order valence-corrected chi connectivity index (χ2v) is 4.52. The SMILES string of the molecule is CCOC(=O)[C@@H](C)n1c(C)ccc1-c1ccccc1. The minimum atomic E-state index is -0.315. The minimum absolute atomic E-state index is 0.195. The van der Waals surface area contributed by atoms with Gasteiger partial charge in [-0.3, -0.25) is 0 Å². The molecule has 0 aliphatic carbocycles. The molecule has 0 bridgehead atoms. The van der Waals surface area contributed by atoms with Gasteiger partial charge in [-0.1, -0.05) is 30.3 Å². The Morgan fingerprint density at radius 1 is 1.21 bits per heavy atom. The largest absolute Gasteiger partial charge is 0.464 e. The van der Waals surface area contributed by atoms with Crippen molar-refractivity contribution < 1.29 is 9.53 Å². The van der Waals surface area contributed by atoms with Crippen molar-refractivity contribution in [3.63, 3.8) is 0 Å². The van der Waals surface area contributed by atoms with Crippen LogP contribution in [0, 0.1) is 6.92 Å². The fraction of sp³-hybridized carbons (Fsp3) is 0.312. The molecule has 3 heteroatoms. The number of rotatable bonds is 4. The van der Waals surface area contributed by atoms with Crippen molar-refractivity contribution in [2.24, 2.45) is 0 Å². The van der Waals surface area contributed by atoms with Crippen LogP contribution in [0.1, 0.15) is 25.6 Å². The van der Waals surface area contributed by atoms with Crippen molar-refractivity contribution >= 4 is 5.97 Å². The summed E-state index contributed by atoms with van der Waals surface area (Å²) in [7, 11) is 0. The maximum absolute atomic E-state index is 11.9. The Hall–Kier alpha value is -2.03. The molecule has 100 valence electrons. The van der Waals surface area contributed by atoms with Gasteiger partial charge in [0, 0.05) is 11.4 Å². The minimum Gasteiger partial charge on any atom is -0.464 e. The summed E-state index contributed by atoms with van der Waals surface area (Å²) >= 11 is 0. The number of hydrogen-bond donors (Lipinski definition) is 0. The molecule has 0 saturated heterocycles. The van der Waals surface area contributed by atoms with E-state index in [0.29, 0.717) is 6.61 Å². The van der Waals surface area contributed by atoms with E-state index in [9.17, 15) is 4.79 Å². The lowest BCUT2D eigenvalue weighted by atomic mass is 10.1. The molecule has 2 aromatic rings. The zero-order valence-electron chi connectivity index (χ0n) is 11.6. The van der Waals surface area contributed by atoms with Gasteiger partial charge in [-0.05, 0) is 38.5 Å².